The minimum Gasteiger partial charge on any atom is -0.369 e. The third-order valence-corrected chi connectivity index (χ3v) is 8.99. The molecule has 7 aromatic rings. The summed E-state index contributed by atoms with van der Waals surface area (Å²) in [4.78, 5) is 43.3. The van der Waals surface area contributed by atoms with E-state index in [0.717, 1.165) is 62.3 Å². The molecule has 0 aliphatic carbocycles. The van der Waals surface area contributed by atoms with Gasteiger partial charge in [-0.2, -0.15) is 15.0 Å². The van der Waals surface area contributed by atoms with Crippen molar-refractivity contribution in [3.8, 4) is 11.9 Å². The van der Waals surface area contributed by atoms with E-state index in [-0.39, 0.29) is 12.0 Å². The molecule has 0 amide bonds. The molecule has 0 N–H and O–H groups in total. The van der Waals surface area contributed by atoms with Crippen LogP contribution in [-0.2, 0) is 0 Å². The molecule has 12 nitrogen and oxygen atoms in total. The highest BCUT2D eigenvalue weighted by molar-refractivity contribution is 6.07. The van der Waals surface area contributed by atoms with Gasteiger partial charge in [0.1, 0.15) is 11.3 Å². The lowest BCUT2D eigenvalue weighted by molar-refractivity contribution is 0.746. The second-order valence-electron chi connectivity index (χ2n) is 11.5. The Balaban J connectivity index is 1.31. The van der Waals surface area contributed by atoms with Crippen molar-refractivity contribution in [2.45, 2.75) is 12.0 Å². The van der Waals surface area contributed by atoms with Crippen LogP contribution in [0.3, 0.4) is 0 Å². The molecule has 0 aromatic carbocycles. The summed E-state index contributed by atoms with van der Waals surface area (Å²) in [6, 6.07) is 13.9. The summed E-state index contributed by atoms with van der Waals surface area (Å²) < 4.78 is 4.02. The van der Waals surface area contributed by atoms with Crippen molar-refractivity contribution in [1.82, 2.24) is 44.0 Å². The Hall–Kier alpha value is -6.30. The van der Waals surface area contributed by atoms with Crippen molar-refractivity contribution in [3.05, 3.63) is 103 Å². The van der Waals surface area contributed by atoms with Crippen LogP contribution in [0.5, 0.6) is 0 Å². The van der Waals surface area contributed by atoms with Crippen LogP contribution in [0.25, 0.3) is 50.9 Å². The molecule has 2 unspecified atom stereocenters. The lowest BCUT2D eigenvalue weighted by atomic mass is 9.98. The fraction of sp³-hybridized carbons (Fsp3) is 0.118. The van der Waals surface area contributed by atoms with Gasteiger partial charge < -0.3 is 4.90 Å². The molecule has 0 radical (unpaired) electrons. The van der Waals surface area contributed by atoms with Crippen LogP contribution >= 0.6 is 0 Å². The van der Waals surface area contributed by atoms with Gasteiger partial charge in [-0.15, -0.1) is 0 Å². The first-order valence-electron chi connectivity index (χ1n) is 15.0. The van der Waals surface area contributed by atoms with Gasteiger partial charge in [-0.25, -0.2) is 9.97 Å². The van der Waals surface area contributed by atoms with Gasteiger partial charge in [0, 0.05) is 79.1 Å². The zero-order valence-electron chi connectivity index (χ0n) is 24.5. The van der Waals surface area contributed by atoms with Crippen molar-refractivity contribution in [3.63, 3.8) is 0 Å². The van der Waals surface area contributed by atoms with E-state index in [1.807, 2.05) is 64.3 Å². The predicted molar refractivity (Wildman–Crippen MR) is 177 cm³/mol. The van der Waals surface area contributed by atoms with Gasteiger partial charge >= 0.3 is 0 Å². The zero-order valence-corrected chi connectivity index (χ0v) is 24.5. The van der Waals surface area contributed by atoms with E-state index in [0.29, 0.717) is 17.8 Å². The molecule has 0 saturated heterocycles. The van der Waals surface area contributed by atoms with E-state index in [2.05, 4.69) is 57.2 Å². The van der Waals surface area contributed by atoms with E-state index < -0.39 is 0 Å². The average molecular weight is 601 g/mol. The fourth-order valence-corrected chi connectivity index (χ4v) is 7.07. The quantitative estimate of drug-likeness (QED) is 0.271. The number of nitrogens with zero attached hydrogens (tertiary/aromatic N) is 12. The zero-order chi connectivity index (χ0) is 30.4. The maximum Gasteiger partial charge on any atom is 0.242 e. The number of anilines is 3. The number of pyridine rings is 4. The smallest absolute Gasteiger partial charge is 0.242 e. The number of aromatic nitrogens is 9. The number of aliphatic imine (C=N–C) groups is 1. The molecule has 0 bridgehead atoms. The molecule has 12 heteroatoms. The van der Waals surface area contributed by atoms with E-state index in [4.69, 9.17) is 29.9 Å². The van der Waals surface area contributed by atoms with E-state index in [1.54, 1.807) is 18.6 Å². The molecule has 0 saturated carbocycles. The summed E-state index contributed by atoms with van der Waals surface area (Å²) in [6.45, 7) is 0.795. The second kappa shape index (κ2) is 9.35. The largest absolute Gasteiger partial charge is 0.369 e. The molecule has 7 aromatic heterocycles. The molecule has 3 aliphatic heterocycles. The predicted octanol–water partition coefficient (Wildman–Crippen LogP) is 5.16. The van der Waals surface area contributed by atoms with Crippen LogP contribution in [-0.4, -0.2) is 69.9 Å². The first kappa shape index (κ1) is 25.1. The third-order valence-electron chi connectivity index (χ3n) is 8.99. The van der Waals surface area contributed by atoms with Gasteiger partial charge in [-0.3, -0.25) is 29.0 Å². The Morgan fingerprint density at radius 2 is 1.52 bits per heavy atom. The first-order valence-corrected chi connectivity index (χ1v) is 15.0. The Labute approximate surface area is 261 Å². The number of likely N-dealkylation sites (N-methyl/N-ethyl adjacent to an activating group) is 1. The second-order valence-corrected chi connectivity index (χ2v) is 11.5. The summed E-state index contributed by atoms with van der Waals surface area (Å²) in [5, 5.41) is 2.95. The Morgan fingerprint density at radius 3 is 2.41 bits per heavy atom. The lowest BCUT2D eigenvalue weighted by Gasteiger charge is -2.26. The molecule has 3 aliphatic rings. The standard InChI is InChI=1S/C34H24N12/c1-43-17-5-9-26-29(43)22-7-3-14-39-31(22)46(26)34-41-32(44-25-8-4-12-37-28(25)21-10-15-36-19-27(21)44)40-33(42-34)45-24-11-16-35-18-23(24)20-6-2-13-38-30(20)45/h2-16,18-19,21,27H,17H2,1H3. The number of hydrogen-bond donors (Lipinski definition) is 0. The van der Waals surface area contributed by atoms with Gasteiger partial charge in [-0.1, -0.05) is 12.2 Å². The molecule has 46 heavy (non-hydrogen) atoms. The minimum atomic E-state index is -0.155. The SMILES string of the molecule is CN1CC=Cc2c1c1cccnc1n2-c1nc(N2c3cccnc3C3C=CN=CC32)nc(-n2c3ccncc3c3cccnc32)n1. The minimum absolute atomic E-state index is 0.0109. The van der Waals surface area contributed by atoms with Gasteiger partial charge in [0.2, 0.25) is 17.8 Å². The summed E-state index contributed by atoms with van der Waals surface area (Å²) in [6.07, 6.45) is 19.2. The lowest BCUT2D eigenvalue weighted by Crippen LogP contribution is -2.34. The van der Waals surface area contributed by atoms with Crippen LogP contribution in [0.15, 0.2) is 96.8 Å². The number of hydrogen-bond acceptors (Lipinski definition) is 10. The van der Waals surface area contributed by atoms with Gasteiger partial charge in [0.05, 0.1) is 34.3 Å². The summed E-state index contributed by atoms with van der Waals surface area (Å²) in [5.41, 5.74) is 6.32. The fourth-order valence-electron chi connectivity index (χ4n) is 7.07. The molecular weight excluding hydrogens is 576 g/mol. The highest BCUT2D eigenvalue weighted by atomic mass is 15.4. The van der Waals surface area contributed by atoms with Crippen molar-refractivity contribution < 1.29 is 0 Å². The molecule has 0 spiro atoms. The van der Waals surface area contributed by atoms with E-state index in [9.17, 15) is 0 Å². The van der Waals surface area contributed by atoms with Crippen molar-refractivity contribution in [2.24, 2.45) is 4.99 Å². The molecule has 2 atom stereocenters. The molecular formula is C34H24N12. The van der Waals surface area contributed by atoms with Gasteiger partial charge in [-0.05, 0) is 48.5 Å². The monoisotopic (exact) mass is 600 g/mol. The number of fused-ring (bicyclic) bond motifs is 9. The molecule has 10 rings (SSSR count). The van der Waals surface area contributed by atoms with E-state index >= 15 is 0 Å². The van der Waals surface area contributed by atoms with Crippen LogP contribution in [0.2, 0.25) is 0 Å². The highest BCUT2D eigenvalue weighted by Crippen LogP contribution is 2.45. The van der Waals surface area contributed by atoms with E-state index in [1.165, 1.54) is 0 Å². The third kappa shape index (κ3) is 3.37. The maximum absolute atomic E-state index is 5.22. The van der Waals surface area contributed by atoms with Gasteiger partial charge in [0.15, 0.2) is 0 Å². The highest BCUT2D eigenvalue weighted by Gasteiger charge is 2.41. The van der Waals surface area contributed by atoms with Crippen LogP contribution in [0, 0.1) is 0 Å². The Morgan fingerprint density at radius 1 is 0.761 bits per heavy atom. The summed E-state index contributed by atoms with van der Waals surface area (Å²) in [7, 11) is 2.09. The summed E-state index contributed by atoms with van der Waals surface area (Å²) >= 11 is 0. The van der Waals surface area contributed by atoms with Crippen LogP contribution in [0.4, 0.5) is 17.3 Å². The molecule has 0 fully saturated rings. The van der Waals surface area contributed by atoms with Crippen molar-refractivity contribution in [2.75, 3.05) is 23.4 Å². The van der Waals surface area contributed by atoms with Gasteiger partial charge in [0.25, 0.3) is 0 Å². The van der Waals surface area contributed by atoms with Crippen molar-refractivity contribution >= 4 is 62.6 Å². The van der Waals surface area contributed by atoms with Crippen LogP contribution in [0.1, 0.15) is 17.3 Å². The normalized spacial score (nSPS) is 18.1. The first-order chi connectivity index (χ1) is 22.8. The Bertz CT molecular complexity index is 2420. The molecule has 10 heterocycles. The number of rotatable bonds is 3. The summed E-state index contributed by atoms with van der Waals surface area (Å²) in [5.74, 6) is 1.36. The average Bonchev–Trinajstić information content (AvgIpc) is 3.74. The Kier molecular flexibility index (Phi) is 5.10. The maximum atomic E-state index is 5.22. The van der Waals surface area contributed by atoms with Crippen LogP contribution < -0.4 is 9.80 Å². The van der Waals surface area contributed by atoms with Crippen molar-refractivity contribution in [1.29, 1.82) is 0 Å². The molecule has 220 valence electrons. The topological polar surface area (TPSA) is 119 Å².